The fourth-order valence-electron chi connectivity index (χ4n) is 3.33. The lowest BCUT2D eigenvalue weighted by Gasteiger charge is -2.14. The Hall–Kier alpha value is -3.56. The fourth-order valence-corrected chi connectivity index (χ4v) is 4.98. The number of ether oxygens (including phenoxy) is 4. The predicted octanol–water partition coefficient (Wildman–Crippen LogP) is 5.82. The number of benzene rings is 2. The summed E-state index contributed by atoms with van der Waals surface area (Å²) in [7, 11) is 6.43. The third kappa shape index (κ3) is 4.85. The monoisotopic (exact) mass is 495 g/mol. The predicted molar refractivity (Wildman–Crippen MR) is 138 cm³/mol. The van der Waals surface area contributed by atoms with Crippen LogP contribution < -0.4 is 23.7 Å². The van der Waals surface area contributed by atoms with Gasteiger partial charge in [0.15, 0.2) is 11.5 Å². The number of rotatable bonds is 8. The Morgan fingerprint density at radius 3 is 2.12 bits per heavy atom. The van der Waals surface area contributed by atoms with Gasteiger partial charge >= 0.3 is 0 Å². The number of thiazole rings is 1. The molecule has 2 aromatic heterocycles. The van der Waals surface area contributed by atoms with Crippen LogP contribution in [0.1, 0.15) is 12.5 Å². The summed E-state index contributed by atoms with van der Waals surface area (Å²) in [6.45, 7) is 1.95. The molecular weight excluding hydrogens is 470 g/mol. The molecule has 176 valence electrons. The molecule has 0 bridgehead atoms. The van der Waals surface area contributed by atoms with Gasteiger partial charge in [-0.3, -0.25) is 0 Å². The molecule has 2 heterocycles. The van der Waals surface area contributed by atoms with Crippen LogP contribution in [-0.2, 0) is 0 Å². The zero-order valence-corrected chi connectivity index (χ0v) is 21.2. The van der Waals surface area contributed by atoms with Gasteiger partial charge in [0, 0.05) is 10.9 Å². The molecule has 2 aromatic carbocycles. The molecule has 0 amide bonds. The number of hydrogen-bond donors (Lipinski definition) is 0. The van der Waals surface area contributed by atoms with Crippen LogP contribution >= 0.6 is 22.7 Å². The van der Waals surface area contributed by atoms with Crippen molar-refractivity contribution < 1.29 is 18.9 Å². The minimum Gasteiger partial charge on any atom is -0.497 e. The van der Waals surface area contributed by atoms with Gasteiger partial charge in [0.05, 0.1) is 50.4 Å². The van der Waals surface area contributed by atoms with Crippen molar-refractivity contribution in [3.05, 3.63) is 69.7 Å². The number of hydrogen-bond acceptors (Lipinski definition) is 8. The lowest BCUT2D eigenvalue weighted by atomic mass is 10.1. The van der Waals surface area contributed by atoms with E-state index in [4.69, 9.17) is 29.0 Å². The average molecular weight is 496 g/mol. The summed E-state index contributed by atoms with van der Waals surface area (Å²) in [5, 5.41) is 9.08. The molecule has 0 saturated carbocycles. The van der Waals surface area contributed by atoms with E-state index in [2.05, 4.69) is 11.4 Å². The van der Waals surface area contributed by atoms with Gasteiger partial charge in [-0.15, -0.1) is 22.7 Å². The Morgan fingerprint density at radius 2 is 1.56 bits per heavy atom. The van der Waals surface area contributed by atoms with Gasteiger partial charge in [-0.1, -0.05) is 6.07 Å². The van der Waals surface area contributed by atoms with E-state index in [1.165, 1.54) is 11.3 Å². The van der Waals surface area contributed by atoms with Crippen LogP contribution in [0.15, 0.2) is 69.4 Å². The molecule has 0 fully saturated rings. The molecule has 0 radical (unpaired) electrons. The van der Waals surface area contributed by atoms with Crippen LogP contribution in [0.2, 0.25) is 0 Å². The molecule has 7 nitrogen and oxygen atoms in total. The smallest absolute Gasteiger partial charge is 0.211 e. The number of nitrogens with zero attached hydrogens (tertiary/aromatic N) is 3. The Labute approximate surface area is 206 Å². The molecule has 0 atom stereocenters. The number of thiophene rings is 1. The highest BCUT2D eigenvalue weighted by molar-refractivity contribution is 7.14. The Balaban J connectivity index is 1.86. The maximum atomic E-state index is 5.52. The number of methoxy groups -OCH3 is 4. The van der Waals surface area contributed by atoms with E-state index >= 15 is 0 Å². The maximum Gasteiger partial charge on any atom is 0.211 e. The first-order chi connectivity index (χ1) is 16.6. The molecule has 0 aliphatic rings. The first kappa shape index (κ1) is 23.6. The summed E-state index contributed by atoms with van der Waals surface area (Å²) in [5.41, 5.74) is 3.40. The van der Waals surface area contributed by atoms with E-state index < -0.39 is 0 Å². The van der Waals surface area contributed by atoms with Crippen LogP contribution in [0.5, 0.6) is 23.0 Å². The van der Waals surface area contributed by atoms with Gasteiger partial charge < -0.3 is 18.9 Å². The van der Waals surface area contributed by atoms with Crippen LogP contribution in [-0.4, -0.2) is 38.8 Å². The fraction of sp³-hybridized carbons (Fsp3) is 0.200. The summed E-state index contributed by atoms with van der Waals surface area (Å²) in [6, 6.07) is 15.5. The SMILES string of the molecule is COc1ccc(N=c2scc(-c3cccs3)n2N=C(C)c2cc(OC)c(OC)c(OC)c2)cc1. The van der Waals surface area contributed by atoms with Gasteiger partial charge in [-0.05, 0) is 54.8 Å². The van der Waals surface area contributed by atoms with E-state index in [-0.39, 0.29) is 0 Å². The van der Waals surface area contributed by atoms with Crippen molar-refractivity contribution in [3.8, 4) is 33.6 Å². The zero-order chi connectivity index (χ0) is 24.1. The van der Waals surface area contributed by atoms with E-state index in [0.717, 1.165) is 38.1 Å². The Morgan fingerprint density at radius 1 is 0.853 bits per heavy atom. The van der Waals surface area contributed by atoms with Crippen molar-refractivity contribution in [3.63, 3.8) is 0 Å². The highest BCUT2D eigenvalue weighted by Gasteiger charge is 2.16. The normalized spacial score (nSPS) is 12.0. The quantitative estimate of drug-likeness (QED) is 0.289. The molecule has 0 N–H and O–H groups in total. The van der Waals surface area contributed by atoms with Gasteiger partial charge in [0.1, 0.15) is 5.75 Å². The molecular formula is C25H25N3O4S2. The van der Waals surface area contributed by atoms with Crippen molar-refractivity contribution in [2.24, 2.45) is 10.1 Å². The van der Waals surface area contributed by atoms with Crippen molar-refractivity contribution in [2.75, 3.05) is 28.4 Å². The van der Waals surface area contributed by atoms with Crippen molar-refractivity contribution >= 4 is 34.1 Å². The van der Waals surface area contributed by atoms with Crippen LogP contribution in [0.25, 0.3) is 10.6 Å². The second-order valence-electron chi connectivity index (χ2n) is 7.10. The summed E-state index contributed by atoms with van der Waals surface area (Å²) in [4.78, 5) is 6.70. The molecule has 4 aromatic rings. The third-order valence-corrected chi connectivity index (χ3v) is 6.80. The van der Waals surface area contributed by atoms with E-state index in [1.54, 1.807) is 39.8 Å². The highest BCUT2D eigenvalue weighted by atomic mass is 32.1. The van der Waals surface area contributed by atoms with Crippen LogP contribution in [0.3, 0.4) is 0 Å². The lowest BCUT2D eigenvalue weighted by molar-refractivity contribution is 0.324. The molecule has 0 aliphatic carbocycles. The third-order valence-electron chi connectivity index (χ3n) is 5.09. The van der Waals surface area contributed by atoms with Gasteiger partial charge in [0.2, 0.25) is 10.6 Å². The molecule has 0 aliphatic heterocycles. The molecule has 9 heteroatoms. The topological polar surface area (TPSA) is 66.6 Å². The zero-order valence-electron chi connectivity index (χ0n) is 19.6. The summed E-state index contributed by atoms with van der Waals surface area (Å²) in [6.07, 6.45) is 0. The minimum absolute atomic E-state index is 0.541. The van der Waals surface area contributed by atoms with Crippen LogP contribution in [0, 0.1) is 0 Å². The van der Waals surface area contributed by atoms with E-state index in [9.17, 15) is 0 Å². The highest BCUT2D eigenvalue weighted by Crippen LogP contribution is 2.38. The molecule has 34 heavy (non-hydrogen) atoms. The number of aromatic nitrogens is 1. The largest absolute Gasteiger partial charge is 0.497 e. The molecule has 0 saturated heterocycles. The Bertz CT molecular complexity index is 1330. The molecule has 0 spiro atoms. The van der Waals surface area contributed by atoms with Gasteiger partial charge in [0.25, 0.3) is 0 Å². The lowest BCUT2D eigenvalue weighted by Crippen LogP contribution is -2.13. The first-order valence-electron chi connectivity index (χ1n) is 10.4. The van der Waals surface area contributed by atoms with Crippen LogP contribution in [0.4, 0.5) is 5.69 Å². The van der Waals surface area contributed by atoms with E-state index in [0.29, 0.717) is 17.2 Å². The summed E-state index contributed by atoms with van der Waals surface area (Å²) >= 11 is 3.19. The molecule has 0 unspecified atom stereocenters. The summed E-state index contributed by atoms with van der Waals surface area (Å²) in [5.74, 6) is 2.47. The van der Waals surface area contributed by atoms with Crippen molar-refractivity contribution in [1.82, 2.24) is 4.68 Å². The first-order valence-corrected chi connectivity index (χ1v) is 12.1. The maximum absolute atomic E-state index is 5.52. The van der Waals surface area contributed by atoms with Gasteiger partial charge in [-0.2, -0.15) is 5.10 Å². The second kappa shape index (κ2) is 10.6. The Kier molecular flexibility index (Phi) is 7.34. The van der Waals surface area contributed by atoms with E-state index in [1.807, 2.05) is 59.4 Å². The molecule has 4 rings (SSSR count). The van der Waals surface area contributed by atoms with Crippen molar-refractivity contribution in [2.45, 2.75) is 6.92 Å². The van der Waals surface area contributed by atoms with Crippen molar-refractivity contribution in [1.29, 1.82) is 0 Å². The average Bonchev–Trinajstić information content (AvgIpc) is 3.54. The minimum atomic E-state index is 0.541. The standard InChI is InChI=1S/C25H25N3O4S2/c1-16(17-13-21(30-3)24(32-5)22(14-17)31-4)27-28-20(23-7-6-12-33-23)15-34-25(28)26-18-8-10-19(29-2)11-9-18/h6-15H,1-5H3. The summed E-state index contributed by atoms with van der Waals surface area (Å²) < 4.78 is 23.6. The van der Waals surface area contributed by atoms with Gasteiger partial charge in [-0.25, -0.2) is 9.67 Å². The second-order valence-corrected chi connectivity index (χ2v) is 8.89.